The SMILES string of the molecule is CC(CCCO)NC(=O)NCCNc1ncc(Cl)cc1Cl. The first-order chi connectivity index (χ1) is 10.0. The summed E-state index contributed by atoms with van der Waals surface area (Å²) in [5, 5.41) is 18.1. The number of pyridine rings is 1. The summed E-state index contributed by atoms with van der Waals surface area (Å²) in [7, 11) is 0. The number of hydrogen-bond acceptors (Lipinski definition) is 4. The van der Waals surface area contributed by atoms with Crippen LogP contribution in [-0.4, -0.2) is 41.9 Å². The summed E-state index contributed by atoms with van der Waals surface area (Å²) in [5.74, 6) is 0.527. The minimum Gasteiger partial charge on any atom is -0.396 e. The van der Waals surface area contributed by atoms with Crippen LogP contribution >= 0.6 is 23.2 Å². The lowest BCUT2D eigenvalue weighted by atomic mass is 10.2. The molecule has 0 aliphatic rings. The molecule has 0 aliphatic carbocycles. The maximum atomic E-state index is 11.6. The number of aliphatic hydroxyl groups is 1. The molecule has 0 radical (unpaired) electrons. The molecule has 0 aliphatic heterocycles. The van der Waals surface area contributed by atoms with Gasteiger partial charge in [-0.15, -0.1) is 0 Å². The van der Waals surface area contributed by atoms with Gasteiger partial charge in [0.25, 0.3) is 0 Å². The number of amides is 2. The lowest BCUT2D eigenvalue weighted by Gasteiger charge is -2.14. The van der Waals surface area contributed by atoms with Crippen molar-refractivity contribution in [2.24, 2.45) is 0 Å². The van der Waals surface area contributed by atoms with E-state index in [1.807, 2.05) is 6.92 Å². The highest BCUT2D eigenvalue weighted by molar-refractivity contribution is 6.35. The largest absolute Gasteiger partial charge is 0.396 e. The van der Waals surface area contributed by atoms with Crippen molar-refractivity contribution in [2.75, 3.05) is 25.0 Å². The van der Waals surface area contributed by atoms with Crippen LogP contribution in [0.1, 0.15) is 19.8 Å². The predicted molar refractivity (Wildman–Crippen MR) is 85.1 cm³/mol. The lowest BCUT2D eigenvalue weighted by Crippen LogP contribution is -2.42. The second kappa shape index (κ2) is 9.65. The zero-order chi connectivity index (χ0) is 15.7. The van der Waals surface area contributed by atoms with Gasteiger partial charge in [0.2, 0.25) is 0 Å². The molecular weight excluding hydrogens is 315 g/mol. The van der Waals surface area contributed by atoms with Crippen LogP contribution in [0.5, 0.6) is 0 Å². The van der Waals surface area contributed by atoms with Crippen LogP contribution in [-0.2, 0) is 0 Å². The highest BCUT2D eigenvalue weighted by Gasteiger charge is 2.06. The van der Waals surface area contributed by atoms with E-state index in [1.54, 1.807) is 6.07 Å². The number of hydrogen-bond donors (Lipinski definition) is 4. The molecule has 4 N–H and O–H groups in total. The highest BCUT2D eigenvalue weighted by atomic mass is 35.5. The smallest absolute Gasteiger partial charge is 0.315 e. The Hall–Kier alpha value is -1.24. The van der Waals surface area contributed by atoms with E-state index in [2.05, 4.69) is 20.9 Å². The molecule has 0 fully saturated rings. The van der Waals surface area contributed by atoms with Gasteiger partial charge in [-0.1, -0.05) is 23.2 Å². The Labute approximate surface area is 134 Å². The summed E-state index contributed by atoms with van der Waals surface area (Å²) >= 11 is 11.7. The van der Waals surface area contributed by atoms with Crippen molar-refractivity contribution in [1.29, 1.82) is 0 Å². The quantitative estimate of drug-likeness (QED) is 0.549. The van der Waals surface area contributed by atoms with Crippen LogP contribution in [0.15, 0.2) is 12.3 Å². The summed E-state index contributed by atoms with van der Waals surface area (Å²) < 4.78 is 0. The number of nitrogens with one attached hydrogen (secondary N) is 3. The van der Waals surface area contributed by atoms with Gasteiger partial charge in [-0.2, -0.15) is 0 Å². The second-order valence-electron chi connectivity index (χ2n) is 4.58. The van der Waals surface area contributed by atoms with Crippen LogP contribution in [0.2, 0.25) is 10.0 Å². The number of aromatic nitrogens is 1. The van der Waals surface area contributed by atoms with Crippen molar-refractivity contribution >= 4 is 35.1 Å². The molecule has 1 heterocycles. The average Bonchev–Trinajstić information content (AvgIpc) is 2.43. The average molecular weight is 335 g/mol. The zero-order valence-electron chi connectivity index (χ0n) is 11.8. The molecule has 1 aromatic heterocycles. The second-order valence-corrected chi connectivity index (χ2v) is 5.42. The predicted octanol–water partition coefficient (Wildman–Crippen LogP) is 2.26. The van der Waals surface area contributed by atoms with E-state index in [9.17, 15) is 4.79 Å². The van der Waals surface area contributed by atoms with Crippen LogP contribution in [0, 0.1) is 0 Å². The number of urea groups is 1. The van der Waals surface area contributed by atoms with E-state index in [0.29, 0.717) is 35.4 Å². The Bertz CT molecular complexity index is 460. The van der Waals surface area contributed by atoms with E-state index in [-0.39, 0.29) is 18.7 Å². The van der Waals surface area contributed by atoms with Gasteiger partial charge >= 0.3 is 6.03 Å². The van der Waals surface area contributed by atoms with Crippen molar-refractivity contribution in [3.8, 4) is 0 Å². The van der Waals surface area contributed by atoms with Gasteiger partial charge < -0.3 is 21.1 Å². The Morgan fingerprint density at radius 3 is 2.86 bits per heavy atom. The van der Waals surface area contributed by atoms with Crippen molar-refractivity contribution in [1.82, 2.24) is 15.6 Å². The number of halogens is 2. The molecule has 21 heavy (non-hydrogen) atoms. The first-order valence-electron chi connectivity index (χ1n) is 6.73. The van der Waals surface area contributed by atoms with Crippen molar-refractivity contribution in [3.63, 3.8) is 0 Å². The topological polar surface area (TPSA) is 86.3 Å². The van der Waals surface area contributed by atoms with E-state index in [0.717, 1.165) is 6.42 Å². The third-order valence-corrected chi connectivity index (χ3v) is 3.18. The van der Waals surface area contributed by atoms with Crippen molar-refractivity contribution in [3.05, 3.63) is 22.3 Å². The first-order valence-corrected chi connectivity index (χ1v) is 7.48. The Morgan fingerprint density at radius 2 is 2.19 bits per heavy atom. The minimum atomic E-state index is -0.239. The van der Waals surface area contributed by atoms with Crippen LogP contribution in [0.4, 0.5) is 10.6 Å². The summed E-state index contributed by atoms with van der Waals surface area (Å²) in [6, 6.07) is 1.39. The van der Waals surface area contributed by atoms with Gasteiger partial charge in [0.15, 0.2) is 0 Å². The lowest BCUT2D eigenvalue weighted by molar-refractivity contribution is 0.234. The fourth-order valence-electron chi connectivity index (χ4n) is 1.65. The monoisotopic (exact) mass is 334 g/mol. The molecule has 0 saturated carbocycles. The van der Waals surface area contributed by atoms with Gasteiger partial charge in [0.1, 0.15) is 5.82 Å². The maximum Gasteiger partial charge on any atom is 0.315 e. The Balaban J connectivity index is 2.20. The summed E-state index contributed by atoms with van der Waals surface area (Å²) in [6.07, 6.45) is 2.91. The first kappa shape index (κ1) is 17.8. The van der Waals surface area contributed by atoms with Crippen LogP contribution in [0.3, 0.4) is 0 Å². The third kappa shape index (κ3) is 7.36. The van der Waals surface area contributed by atoms with Crippen LogP contribution < -0.4 is 16.0 Å². The summed E-state index contributed by atoms with van der Waals surface area (Å²) in [5.41, 5.74) is 0. The van der Waals surface area contributed by atoms with Gasteiger partial charge in [0.05, 0.1) is 10.0 Å². The van der Waals surface area contributed by atoms with E-state index < -0.39 is 0 Å². The maximum absolute atomic E-state index is 11.6. The minimum absolute atomic E-state index is 0.0254. The number of nitrogens with zero attached hydrogens (tertiary/aromatic N) is 1. The number of anilines is 1. The van der Waals surface area contributed by atoms with Gasteiger partial charge in [-0.3, -0.25) is 0 Å². The molecule has 1 atom stereocenters. The fraction of sp³-hybridized carbons (Fsp3) is 0.538. The molecule has 1 rings (SSSR count). The molecule has 0 spiro atoms. The normalized spacial score (nSPS) is 11.8. The Kier molecular flexibility index (Phi) is 8.19. The summed E-state index contributed by atoms with van der Waals surface area (Å²) in [6.45, 7) is 2.95. The van der Waals surface area contributed by atoms with Gasteiger partial charge in [-0.05, 0) is 25.8 Å². The number of rotatable bonds is 8. The zero-order valence-corrected chi connectivity index (χ0v) is 13.3. The van der Waals surface area contributed by atoms with E-state index in [1.165, 1.54) is 6.20 Å². The molecule has 1 unspecified atom stereocenters. The number of carbonyl (C=O) groups is 1. The van der Waals surface area contributed by atoms with E-state index >= 15 is 0 Å². The van der Waals surface area contributed by atoms with Gasteiger partial charge in [0, 0.05) is 31.9 Å². The molecule has 0 aromatic carbocycles. The van der Waals surface area contributed by atoms with Gasteiger partial charge in [-0.25, -0.2) is 9.78 Å². The van der Waals surface area contributed by atoms with Crippen molar-refractivity contribution in [2.45, 2.75) is 25.8 Å². The highest BCUT2D eigenvalue weighted by Crippen LogP contribution is 2.21. The standard InChI is InChI=1S/C13H20Cl2N4O2/c1-9(3-2-6-20)19-13(21)17-5-4-16-12-11(15)7-10(14)8-18-12/h7-9,20H,2-6H2,1H3,(H,16,18)(H2,17,19,21). The summed E-state index contributed by atoms with van der Waals surface area (Å²) in [4.78, 5) is 15.6. The third-order valence-electron chi connectivity index (χ3n) is 2.68. The van der Waals surface area contributed by atoms with Crippen molar-refractivity contribution < 1.29 is 9.90 Å². The Morgan fingerprint density at radius 1 is 1.43 bits per heavy atom. The molecule has 118 valence electrons. The molecule has 0 bridgehead atoms. The molecule has 2 amide bonds. The number of aliphatic hydroxyl groups excluding tert-OH is 1. The molecule has 1 aromatic rings. The molecule has 0 saturated heterocycles. The van der Waals surface area contributed by atoms with E-state index in [4.69, 9.17) is 28.3 Å². The molecule has 6 nitrogen and oxygen atoms in total. The molecular formula is C13H20Cl2N4O2. The molecule has 8 heteroatoms. The van der Waals surface area contributed by atoms with Crippen LogP contribution in [0.25, 0.3) is 0 Å². The fourth-order valence-corrected chi connectivity index (χ4v) is 2.09. The number of carbonyl (C=O) groups excluding carboxylic acids is 1.